The predicted molar refractivity (Wildman–Crippen MR) is 66.5 cm³/mol. The molecule has 0 heterocycles. The van der Waals surface area contributed by atoms with E-state index in [1.807, 2.05) is 6.92 Å². The number of carboxylic acids is 1. The topological polar surface area (TPSA) is 37.3 Å². The van der Waals surface area contributed by atoms with Gasteiger partial charge in [-0.1, -0.05) is 30.5 Å². The summed E-state index contributed by atoms with van der Waals surface area (Å²) in [5.74, 6) is 0.0627. The van der Waals surface area contributed by atoms with Gasteiger partial charge in [0.05, 0.1) is 5.41 Å². The number of carboxylic acid groups (broad SMARTS) is 1. The highest BCUT2D eigenvalue weighted by atomic mass is 35.5. The molecule has 16 heavy (non-hydrogen) atoms. The van der Waals surface area contributed by atoms with Crippen molar-refractivity contribution in [3.05, 3.63) is 11.1 Å². The van der Waals surface area contributed by atoms with Crippen molar-refractivity contribution in [2.45, 2.75) is 52.4 Å². The van der Waals surface area contributed by atoms with E-state index in [0.29, 0.717) is 12.3 Å². The molecular weight excluding hydrogens is 224 g/mol. The van der Waals surface area contributed by atoms with Crippen LogP contribution in [0, 0.1) is 11.3 Å². The lowest BCUT2D eigenvalue weighted by Gasteiger charge is -2.36. The minimum atomic E-state index is -0.653. The van der Waals surface area contributed by atoms with Crippen molar-refractivity contribution in [1.29, 1.82) is 0 Å². The lowest BCUT2D eigenvalue weighted by atomic mass is 9.67. The molecule has 1 aliphatic carbocycles. The largest absolute Gasteiger partial charge is 0.481 e. The van der Waals surface area contributed by atoms with Gasteiger partial charge in [-0.2, -0.15) is 0 Å². The second-order valence-corrected chi connectivity index (χ2v) is 5.29. The van der Waals surface area contributed by atoms with Crippen molar-refractivity contribution >= 4 is 17.6 Å². The molecule has 0 bridgehead atoms. The van der Waals surface area contributed by atoms with E-state index in [1.54, 1.807) is 0 Å². The van der Waals surface area contributed by atoms with E-state index in [1.165, 1.54) is 12.0 Å². The number of hydrogen-bond acceptors (Lipinski definition) is 1. The van der Waals surface area contributed by atoms with Crippen LogP contribution in [0.15, 0.2) is 11.1 Å². The zero-order valence-corrected chi connectivity index (χ0v) is 10.9. The first kappa shape index (κ1) is 13.6. The number of allylic oxidation sites excluding steroid dienone is 1. The Morgan fingerprint density at radius 1 is 1.50 bits per heavy atom. The average Bonchev–Trinajstić information content (AvgIpc) is 2.29. The maximum absolute atomic E-state index is 11.5. The van der Waals surface area contributed by atoms with E-state index < -0.39 is 11.4 Å². The minimum absolute atomic E-state index is 0.554. The maximum Gasteiger partial charge on any atom is 0.309 e. The normalized spacial score (nSPS) is 31.4. The molecule has 1 fully saturated rings. The molecular formula is C13H21ClO2. The third-order valence-corrected chi connectivity index (χ3v) is 4.27. The van der Waals surface area contributed by atoms with Gasteiger partial charge in [-0.25, -0.2) is 0 Å². The standard InChI is InChI=1S/C13H21ClO2/c1-3-11-4-6-13(7-5-11,12(15)16)8-10(2)9-14/h9,11H,3-8H2,1-2H3,(H,15,16). The summed E-state index contributed by atoms with van der Waals surface area (Å²) in [5.41, 5.74) is 1.93. The van der Waals surface area contributed by atoms with Gasteiger partial charge in [-0.15, -0.1) is 0 Å². The van der Waals surface area contributed by atoms with Crippen LogP contribution in [0.25, 0.3) is 0 Å². The van der Waals surface area contributed by atoms with Crippen LogP contribution in [0.3, 0.4) is 0 Å². The first-order chi connectivity index (χ1) is 7.54. The van der Waals surface area contributed by atoms with E-state index in [9.17, 15) is 9.90 Å². The van der Waals surface area contributed by atoms with Gasteiger partial charge in [0.15, 0.2) is 0 Å². The van der Waals surface area contributed by atoms with Crippen LogP contribution >= 0.6 is 11.6 Å². The van der Waals surface area contributed by atoms with Gasteiger partial charge in [-0.05, 0) is 44.9 Å². The summed E-state index contributed by atoms with van der Waals surface area (Å²) < 4.78 is 0. The highest BCUT2D eigenvalue weighted by Crippen LogP contribution is 2.44. The smallest absolute Gasteiger partial charge is 0.309 e. The summed E-state index contributed by atoms with van der Waals surface area (Å²) >= 11 is 5.64. The van der Waals surface area contributed by atoms with Crippen LogP contribution in [-0.2, 0) is 4.79 Å². The van der Waals surface area contributed by atoms with Gasteiger partial charge in [-0.3, -0.25) is 4.79 Å². The first-order valence-corrected chi connectivity index (χ1v) is 6.47. The molecule has 1 rings (SSSR count). The predicted octanol–water partition coefficient (Wildman–Crippen LogP) is 4.19. The van der Waals surface area contributed by atoms with Crippen molar-refractivity contribution < 1.29 is 9.90 Å². The quantitative estimate of drug-likeness (QED) is 0.805. The van der Waals surface area contributed by atoms with E-state index in [4.69, 9.17) is 11.6 Å². The molecule has 0 aromatic carbocycles. The van der Waals surface area contributed by atoms with Gasteiger partial charge in [0, 0.05) is 5.54 Å². The van der Waals surface area contributed by atoms with Crippen molar-refractivity contribution in [1.82, 2.24) is 0 Å². The van der Waals surface area contributed by atoms with Crippen LogP contribution in [0.5, 0.6) is 0 Å². The summed E-state index contributed by atoms with van der Waals surface area (Å²) in [4.78, 5) is 11.5. The first-order valence-electron chi connectivity index (χ1n) is 6.03. The molecule has 0 saturated heterocycles. The fourth-order valence-electron chi connectivity index (χ4n) is 2.68. The summed E-state index contributed by atoms with van der Waals surface area (Å²) in [5, 5.41) is 9.42. The lowest BCUT2D eigenvalue weighted by molar-refractivity contribution is -0.151. The molecule has 0 unspecified atom stereocenters. The van der Waals surface area contributed by atoms with E-state index >= 15 is 0 Å². The monoisotopic (exact) mass is 244 g/mol. The van der Waals surface area contributed by atoms with Gasteiger partial charge in [0.25, 0.3) is 0 Å². The zero-order chi connectivity index (χ0) is 12.2. The van der Waals surface area contributed by atoms with Crippen molar-refractivity contribution in [2.75, 3.05) is 0 Å². The lowest BCUT2D eigenvalue weighted by Crippen LogP contribution is -2.35. The van der Waals surface area contributed by atoms with Crippen LogP contribution in [-0.4, -0.2) is 11.1 Å². The van der Waals surface area contributed by atoms with Crippen LogP contribution < -0.4 is 0 Å². The Hall–Kier alpha value is -0.500. The SMILES string of the molecule is CCC1CCC(CC(C)=CCl)(C(=O)O)CC1. The summed E-state index contributed by atoms with van der Waals surface area (Å²) in [6.07, 6.45) is 5.44. The molecule has 0 aliphatic heterocycles. The van der Waals surface area contributed by atoms with Gasteiger partial charge in [0.1, 0.15) is 0 Å². The van der Waals surface area contributed by atoms with Crippen LogP contribution in [0.4, 0.5) is 0 Å². The Labute approximate surface area is 103 Å². The number of rotatable bonds is 4. The Morgan fingerprint density at radius 3 is 2.44 bits per heavy atom. The molecule has 3 heteroatoms. The molecule has 0 atom stereocenters. The maximum atomic E-state index is 11.5. The number of hydrogen-bond donors (Lipinski definition) is 1. The second-order valence-electron chi connectivity index (χ2n) is 5.07. The van der Waals surface area contributed by atoms with Crippen molar-refractivity contribution in [2.24, 2.45) is 11.3 Å². The summed E-state index contributed by atoms with van der Waals surface area (Å²) in [6, 6.07) is 0. The van der Waals surface area contributed by atoms with Crippen molar-refractivity contribution in [3.63, 3.8) is 0 Å². The summed E-state index contributed by atoms with van der Waals surface area (Å²) in [6.45, 7) is 4.09. The third kappa shape index (κ3) is 3.00. The van der Waals surface area contributed by atoms with E-state index in [2.05, 4.69) is 6.92 Å². The Balaban J connectivity index is 2.72. The molecule has 0 aromatic heterocycles. The second kappa shape index (κ2) is 5.72. The Morgan fingerprint density at radius 2 is 2.06 bits per heavy atom. The van der Waals surface area contributed by atoms with E-state index in [0.717, 1.165) is 31.3 Å². The molecule has 1 N–H and O–H groups in total. The zero-order valence-electron chi connectivity index (χ0n) is 10.1. The third-order valence-electron chi connectivity index (χ3n) is 3.90. The van der Waals surface area contributed by atoms with Gasteiger partial charge >= 0.3 is 5.97 Å². The Bertz CT molecular complexity index is 276. The molecule has 0 radical (unpaired) electrons. The molecule has 0 amide bonds. The minimum Gasteiger partial charge on any atom is -0.481 e. The molecule has 1 aliphatic rings. The fraction of sp³-hybridized carbons (Fsp3) is 0.769. The fourth-order valence-corrected chi connectivity index (χ4v) is 2.75. The molecule has 1 saturated carbocycles. The van der Waals surface area contributed by atoms with E-state index in [-0.39, 0.29) is 0 Å². The highest BCUT2D eigenvalue weighted by Gasteiger charge is 2.41. The molecule has 92 valence electrons. The number of carbonyl (C=O) groups is 1. The van der Waals surface area contributed by atoms with Gasteiger partial charge in [0.2, 0.25) is 0 Å². The molecule has 0 spiro atoms. The molecule has 0 aromatic rings. The number of halogens is 1. The Kier molecular flexibility index (Phi) is 4.85. The number of aliphatic carboxylic acids is 1. The van der Waals surface area contributed by atoms with Crippen LogP contribution in [0.1, 0.15) is 52.4 Å². The van der Waals surface area contributed by atoms with Crippen LogP contribution in [0.2, 0.25) is 0 Å². The summed E-state index contributed by atoms with van der Waals surface area (Å²) in [7, 11) is 0. The van der Waals surface area contributed by atoms with Crippen molar-refractivity contribution in [3.8, 4) is 0 Å². The highest BCUT2D eigenvalue weighted by molar-refractivity contribution is 6.25. The average molecular weight is 245 g/mol. The molecule has 2 nitrogen and oxygen atoms in total. The van der Waals surface area contributed by atoms with Gasteiger partial charge < -0.3 is 5.11 Å².